The molecule has 4 heteroatoms. The van der Waals surface area contributed by atoms with Crippen LogP contribution in [0.4, 0.5) is 0 Å². The second-order valence-electron chi connectivity index (χ2n) is 3.56. The highest BCUT2D eigenvalue weighted by Crippen LogP contribution is 2.38. The van der Waals surface area contributed by atoms with Gasteiger partial charge in [0.1, 0.15) is 5.76 Å². The van der Waals surface area contributed by atoms with Gasteiger partial charge in [-0.25, -0.2) is 0 Å². The van der Waals surface area contributed by atoms with Crippen molar-refractivity contribution < 1.29 is 9.32 Å². The van der Waals surface area contributed by atoms with E-state index in [2.05, 4.69) is 15.9 Å². The number of hydrogen-bond acceptors (Lipinski definition) is 2. The number of hydrogen-bond donors (Lipinski definition) is 2. The van der Waals surface area contributed by atoms with E-state index in [0.717, 1.165) is 14.9 Å². The third-order valence-corrected chi connectivity index (χ3v) is 4.89. The fourth-order valence-corrected chi connectivity index (χ4v) is 3.41. The molecule has 1 aliphatic rings. The van der Waals surface area contributed by atoms with Crippen molar-refractivity contribution in [3.63, 3.8) is 0 Å². The first-order valence-electron chi connectivity index (χ1n) is 4.26. The van der Waals surface area contributed by atoms with Crippen molar-refractivity contribution in [3.05, 3.63) is 39.2 Å². The molecule has 1 aliphatic heterocycles. The number of aliphatic hydroxyl groups excluding tert-OH is 1. The van der Waals surface area contributed by atoms with Crippen LogP contribution in [-0.4, -0.2) is 21.3 Å². The fourth-order valence-electron chi connectivity index (χ4n) is 1.32. The van der Waals surface area contributed by atoms with Gasteiger partial charge in [-0.1, -0.05) is 38.0 Å². The van der Waals surface area contributed by atoms with E-state index in [9.17, 15) is 9.32 Å². The molecule has 76 valence electrons. The summed E-state index contributed by atoms with van der Waals surface area (Å²) in [6, 6.07) is 7.33. The van der Waals surface area contributed by atoms with E-state index in [1.165, 1.54) is 0 Å². The molecular weight excluding hydrogens is 264 g/mol. The van der Waals surface area contributed by atoms with Crippen molar-refractivity contribution in [2.45, 2.75) is 0 Å². The van der Waals surface area contributed by atoms with Crippen LogP contribution in [0.25, 0.3) is 5.76 Å². The lowest BCUT2D eigenvalue weighted by molar-refractivity contribution is 0.511. The highest BCUT2D eigenvalue weighted by atomic mass is 79.9. The van der Waals surface area contributed by atoms with E-state index in [1.807, 2.05) is 24.3 Å². The Bertz CT molecular complexity index is 448. The standard InChI is InChI=1S/C10H11BrO2S/c1-14(13)6-9(14)10(12)7-2-4-8(11)5-3-7/h2-5,12,14H,6H2,1H3/b10-9-. The van der Waals surface area contributed by atoms with Crippen LogP contribution in [0.5, 0.6) is 0 Å². The summed E-state index contributed by atoms with van der Waals surface area (Å²) in [4.78, 5) is 0.722. The summed E-state index contributed by atoms with van der Waals surface area (Å²) in [5.74, 6) is 0.762. The molecule has 1 aromatic carbocycles. The zero-order valence-corrected chi connectivity index (χ0v) is 10.2. The molecular formula is C10H11BrO2S. The SMILES string of the molecule is C[SH]1(=O)C/C1=C(/O)c1ccc(Br)cc1. The van der Waals surface area contributed by atoms with Gasteiger partial charge in [-0.05, 0) is 18.4 Å². The third kappa shape index (κ3) is 1.77. The van der Waals surface area contributed by atoms with Crippen molar-refractivity contribution in [3.8, 4) is 0 Å². The van der Waals surface area contributed by atoms with Gasteiger partial charge in [-0.15, -0.1) is 0 Å². The molecule has 0 bridgehead atoms. The molecule has 1 saturated heterocycles. The summed E-state index contributed by atoms with van der Waals surface area (Å²) >= 11 is 3.32. The third-order valence-electron chi connectivity index (χ3n) is 2.31. The molecule has 0 amide bonds. The molecule has 0 atom stereocenters. The van der Waals surface area contributed by atoms with Gasteiger partial charge in [0.15, 0.2) is 0 Å². The maximum absolute atomic E-state index is 11.5. The number of aliphatic hydroxyl groups is 1. The minimum absolute atomic E-state index is 0.198. The first-order chi connectivity index (χ1) is 6.50. The molecule has 0 aromatic heterocycles. The topological polar surface area (TPSA) is 37.3 Å². The molecule has 0 unspecified atom stereocenters. The lowest BCUT2D eigenvalue weighted by Gasteiger charge is -1.99. The van der Waals surface area contributed by atoms with Gasteiger partial charge in [-0.2, -0.15) is 0 Å². The Labute approximate surface area is 92.2 Å². The van der Waals surface area contributed by atoms with Gasteiger partial charge < -0.3 is 5.11 Å². The molecule has 14 heavy (non-hydrogen) atoms. The van der Waals surface area contributed by atoms with Crippen LogP contribution in [-0.2, 0) is 9.93 Å². The van der Waals surface area contributed by atoms with Gasteiger partial charge in [0, 0.05) is 20.7 Å². The van der Waals surface area contributed by atoms with Gasteiger partial charge >= 0.3 is 0 Å². The molecule has 1 fully saturated rings. The van der Waals surface area contributed by atoms with Crippen LogP contribution in [0.1, 0.15) is 5.56 Å². The van der Waals surface area contributed by atoms with Gasteiger partial charge in [0.2, 0.25) is 0 Å². The van der Waals surface area contributed by atoms with E-state index in [0.29, 0.717) is 5.75 Å². The zero-order valence-electron chi connectivity index (χ0n) is 7.70. The Morgan fingerprint density at radius 2 is 1.93 bits per heavy atom. The van der Waals surface area contributed by atoms with E-state index in [1.54, 1.807) is 6.26 Å². The average Bonchev–Trinajstić information content (AvgIpc) is 2.75. The molecule has 1 heterocycles. The van der Waals surface area contributed by atoms with Crippen LogP contribution >= 0.6 is 15.9 Å². The van der Waals surface area contributed by atoms with Crippen molar-refractivity contribution in [2.75, 3.05) is 12.0 Å². The number of thiol groups is 1. The van der Waals surface area contributed by atoms with Crippen LogP contribution in [0.15, 0.2) is 33.6 Å². The maximum atomic E-state index is 11.5. The predicted octanol–water partition coefficient (Wildman–Crippen LogP) is 2.34. The van der Waals surface area contributed by atoms with Crippen molar-refractivity contribution in [1.82, 2.24) is 0 Å². The molecule has 1 aromatic rings. The Morgan fingerprint density at radius 1 is 1.43 bits per heavy atom. The minimum Gasteiger partial charge on any atom is -0.506 e. The monoisotopic (exact) mass is 274 g/mol. The van der Waals surface area contributed by atoms with E-state index >= 15 is 0 Å². The summed E-state index contributed by atoms with van der Waals surface area (Å²) in [5.41, 5.74) is 0.739. The van der Waals surface area contributed by atoms with Gasteiger partial charge in [0.25, 0.3) is 0 Å². The quantitative estimate of drug-likeness (QED) is 0.469. The van der Waals surface area contributed by atoms with Crippen molar-refractivity contribution >= 4 is 31.6 Å². The summed E-state index contributed by atoms with van der Waals surface area (Å²) in [7, 11) is -2.11. The highest BCUT2D eigenvalue weighted by Gasteiger charge is 2.36. The number of rotatable bonds is 1. The summed E-state index contributed by atoms with van der Waals surface area (Å²) in [6.45, 7) is 0. The summed E-state index contributed by atoms with van der Waals surface area (Å²) in [5, 5.41) is 9.78. The summed E-state index contributed by atoms with van der Waals surface area (Å²) in [6.07, 6.45) is 1.71. The first kappa shape index (κ1) is 9.93. The average molecular weight is 275 g/mol. The molecule has 0 saturated carbocycles. The normalized spacial score (nSPS) is 24.1. The molecule has 1 N–H and O–H groups in total. The lowest BCUT2D eigenvalue weighted by atomic mass is 10.2. The van der Waals surface area contributed by atoms with E-state index in [4.69, 9.17) is 0 Å². The summed E-state index contributed by atoms with van der Waals surface area (Å²) < 4.78 is 12.5. The first-order valence-corrected chi connectivity index (χ1v) is 7.39. The largest absolute Gasteiger partial charge is 0.506 e. The lowest BCUT2D eigenvalue weighted by Crippen LogP contribution is -1.85. The Kier molecular flexibility index (Phi) is 2.27. The van der Waals surface area contributed by atoms with Gasteiger partial charge in [0.05, 0.1) is 0 Å². The second kappa shape index (κ2) is 3.21. The highest BCUT2D eigenvalue weighted by molar-refractivity contribution is 9.10. The van der Waals surface area contributed by atoms with Gasteiger partial charge in [-0.3, -0.25) is 4.21 Å². The molecule has 2 rings (SSSR count). The van der Waals surface area contributed by atoms with Crippen LogP contribution in [0, 0.1) is 0 Å². The predicted molar refractivity (Wildman–Crippen MR) is 64.0 cm³/mol. The Balaban J connectivity index is 2.39. The minimum atomic E-state index is -2.11. The van der Waals surface area contributed by atoms with Crippen molar-refractivity contribution in [2.24, 2.45) is 0 Å². The van der Waals surface area contributed by atoms with Crippen LogP contribution < -0.4 is 0 Å². The maximum Gasteiger partial charge on any atom is 0.133 e. The zero-order chi connectivity index (χ0) is 10.3. The fraction of sp³-hybridized carbons (Fsp3) is 0.200. The van der Waals surface area contributed by atoms with E-state index in [-0.39, 0.29) is 5.76 Å². The second-order valence-corrected chi connectivity index (χ2v) is 7.53. The van der Waals surface area contributed by atoms with Crippen LogP contribution in [0.3, 0.4) is 0 Å². The Morgan fingerprint density at radius 3 is 2.36 bits per heavy atom. The number of benzene rings is 1. The molecule has 0 spiro atoms. The molecule has 2 nitrogen and oxygen atoms in total. The smallest absolute Gasteiger partial charge is 0.133 e. The number of halogens is 1. The van der Waals surface area contributed by atoms with Crippen molar-refractivity contribution in [1.29, 1.82) is 0 Å². The molecule has 0 aliphatic carbocycles. The van der Waals surface area contributed by atoms with E-state index < -0.39 is 9.93 Å². The molecule has 0 radical (unpaired) electrons. The van der Waals surface area contributed by atoms with Crippen LogP contribution in [0.2, 0.25) is 0 Å². The Hall–Kier alpha value is -0.610.